The molecule has 2 atom stereocenters. The molecule has 1 aromatic heterocycles. The van der Waals surface area contributed by atoms with Gasteiger partial charge in [-0.1, -0.05) is 24.3 Å². The third-order valence-corrected chi connectivity index (χ3v) is 4.28. The predicted octanol–water partition coefficient (Wildman–Crippen LogP) is 3.33. The Morgan fingerprint density at radius 2 is 2.04 bits per heavy atom. The van der Waals surface area contributed by atoms with Crippen molar-refractivity contribution in [2.24, 2.45) is 0 Å². The van der Waals surface area contributed by atoms with Crippen molar-refractivity contribution in [2.75, 3.05) is 0 Å². The van der Waals surface area contributed by atoms with Gasteiger partial charge in [-0.2, -0.15) is 0 Å². The second-order valence-corrected chi connectivity index (χ2v) is 6.11. The summed E-state index contributed by atoms with van der Waals surface area (Å²) in [5, 5.41) is 2.99. The molecule has 0 spiro atoms. The second-order valence-electron chi connectivity index (χ2n) is 6.11. The first kappa shape index (κ1) is 16.3. The minimum atomic E-state index is -0.878. The average Bonchev–Trinajstić information content (AvgIpc) is 3.01. The molecule has 0 aliphatic heterocycles. The van der Waals surface area contributed by atoms with Gasteiger partial charge in [-0.3, -0.25) is 4.79 Å². The van der Waals surface area contributed by atoms with E-state index in [1.807, 2.05) is 18.2 Å². The van der Waals surface area contributed by atoms with E-state index in [1.54, 1.807) is 26.0 Å². The van der Waals surface area contributed by atoms with Crippen LogP contribution >= 0.6 is 0 Å². The van der Waals surface area contributed by atoms with E-state index in [1.165, 1.54) is 5.56 Å². The van der Waals surface area contributed by atoms with Crippen molar-refractivity contribution >= 4 is 11.9 Å². The number of nitrogens with one attached hydrogen (secondary N) is 1. The lowest BCUT2D eigenvalue weighted by molar-refractivity contribution is -0.130. The Labute approximate surface area is 141 Å². The number of furan rings is 1. The molecule has 0 bridgehead atoms. The van der Waals surface area contributed by atoms with E-state index < -0.39 is 12.1 Å². The summed E-state index contributed by atoms with van der Waals surface area (Å²) in [6, 6.07) is 11.3. The number of esters is 1. The van der Waals surface area contributed by atoms with E-state index in [0.717, 1.165) is 24.8 Å². The third kappa shape index (κ3) is 3.50. The van der Waals surface area contributed by atoms with E-state index in [0.29, 0.717) is 5.76 Å². The van der Waals surface area contributed by atoms with Gasteiger partial charge < -0.3 is 14.5 Å². The van der Waals surface area contributed by atoms with Crippen LogP contribution in [0.1, 0.15) is 53.2 Å². The molecule has 0 radical (unpaired) electrons. The van der Waals surface area contributed by atoms with E-state index in [2.05, 4.69) is 11.4 Å². The molecule has 126 valence electrons. The number of ether oxygens (including phenoxy) is 1. The van der Waals surface area contributed by atoms with E-state index >= 15 is 0 Å². The molecule has 1 N–H and O–H groups in total. The zero-order valence-electron chi connectivity index (χ0n) is 13.9. The van der Waals surface area contributed by atoms with Crippen LogP contribution in [-0.4, -0.2) is 18.0 Å². The highest BCUT2D eigenvalue weighted by molar-refractivity contribution is 5.90. The maximum atomic E-state index is 12.4. The van der Waals surface area contributed by atoms with Crippen LogP contribution in [-0.2, 0) is 16.0 Å². The van der Waals surface area contributed by atoms with Gasteiger partial charge in [0.25, 0.3) is 5.91 Å². The highest BCUT2D eigenvalue weighted by Crippen LogP contribution is 2.29. The van der Waals surface area contributed by atoms with Gasteiger partial charge in [0, 0.05) is 0 Å². The first-order valence-electron chi connectivity index (χ1n) is 8.20. The second kappa shape index (κ2) is 6.91. The molecule has 1 amide bonds. The maximum Gasteiger partial charge on any atom is 0.375 e. The first-order valence-corrected chi connectivity index (χ1v) is 8.20. The van der Waals surface area contributed by atoms with Crippen LogP contribution < -0.4 is 5.32 Å². The molecule has 2 aromatic rings. The zero-order chi connectivity index (χ0) is 17.1. The van der Waals surface area contributed by atoms with Crippen molar-refractivity contribution < 1.29 is 18.7 Å². The summed E-state index contributed by atoms with van der Waals surface area (Å²) in [5.41, 5.74) is 2.42. The van der Waals surface area contributed by atoms with Gasteiger partial charge in [-0.05, 0) is 56.4 Å². The van der Waals surface area contributed by atoms with Crippen LogP contribution in [0.3, 0.4) is 0 Å². The number of rotatable bonds is 4. The standard InChI is InChI=1S/C19H21NO4/c1-12-10-11-17(23-12)19(22)24-13(2)18(21)20-16-9-5-7-14-6-3-4-8-15(14)16/h3-4,6,8,10-11,13,16H,5,7,9H2,1-2H3,(H,20,21)/t13-,16-/m0/s1. The van der Waals surface area contributed by atoms with E-state index in [4.69, 9.17) is 9.15 Å². The Hall–Kier alpha value is -2.56. The van der Waals surface area contributed by atoms with Crippen LogP contribution in [0.2, 0.25) is 0 Å². The van der Waals surface area contributed by atoms with Crippen LogP contribution in [0.4, 0.5) is 0 Å². The lowest BCUT2D eigenvalue weighted by Crippen LogP contribution is -2.39. The van der Waals surface area contributed by atoms with Crippen molar-refractivity contribution in [2.45, 2.75) is 45.3 Å². The Bertz CT molecular complexity index is 749. The van der Waals surface area contributed by atoms with Gasteiger partial charge in [0.1, 0.15) is 5.76 Å². The zero-order valence-corrected chi connectivity index (χ0v) is 13.9. The normalized spacial score (nSPS) is 17.7. The molecule has 0 fully saturated rings. The Kier molecular flexibility index (Phi) is 4.69. The quantitative estimate of drug-likeness (QED) is 0.875. The van der Waals surface area contributed by atoms with Gasteiger partial charge in [0.2, 0.25) is 5.76 Å². The number of carbonyl (C=O) groups is 2. The van der Waals surface area contributed by atoms with Gasteiger partial charge in [0.15, 0.2) is 6.10 Å². The number of benzene rings is 1. The molecule has 0 unspecified atom stereocenters. The molecule has 1 aliphatic carbocycles. The Balaban J connectivity index is 1.62. The van der Waals surface area contributed by atoms with Gasteiger partial charge in [-0.25, -0.2) is 4.79 Å². The summed E-state index contributed by atoms with van der Waals surface area (Å²) in [5.74, 6) is -0.198. The molecule has 1 aromatic carbocycles. The molecule has 1 aliphatic rings. The number of hydrogen-bond acceptors (Lipinski definition) is 4. The SMILES string of the molecule is Cc1ccc(C(=O)O[C@@H](C)C(=O)N[C@H]2CCCc3ccccc32)o1. The lowest BCUT2D eigenvalue weighted by atomic mass is 9.87. The summed E-state index contributed by atoms with van der Waals surface area (Å²) in [6.45, 7) is 3.31. The minimum Gasteiger partial charge on any atom is -0.454 e. The maximum absolute atomic E-state index is 12.4. The fourth-order valence-corrected chi connectivity index (χ4v) is 3.01. The van der Waals surface area contributed by atoms with Crippen molar-refractivity contribution in [1.29, 1.82) is 0 Å². The lowest BCUT2D eigenvalue weighted by Gasteiger charge is -2.27. The number of aryl methyl sites for hydroxylation is 2. The molecule has 24 heavy (non-hydrogen) atoms. The topological polar surface area (TPSA) is 68.5 Å². The summed E-state index contributed by atoms with van der Waals surface area (Å²) in [4.78, 5) is 24.3. The van der Waals surface area contributed by atoms with Crippen molar-refractivity contribution in [1.82, 2.24) is 5.32 Å². The fraction of sp³-hybridized carbons (Fsp3) is 0.368. The number of amides is 1. The molecule has 3 rings (SSSR count). The summed E-state index contributed by atoms with van der Waals surface area (Å²) in [6.07, 6.45) is 2.07. The monoisotopic (exact) mass is 327 g/mol. The number of fused-ring (bicyclic) bond motifs is 1. The summed E-state index contributed by atoms with van der Waals surface area (Å²) >= 11 is 0. The molecular weight excluding hydrogens is 306 g/mol. The molecule has 1 heterocycles. The largest absolute Gasteiger partial charge is 0.454 e. The summed E-state index contributed by atoms with van der Waals surface area (Å²) < 4.78 is 10.4. The van der Waals surface area contributed by atoms with Crippen molar-refractivity contribution in [3.63, 3.8) is 0 Å². The van der Waals surface area contributed by atoms with Crippen molar-refractivity contribution in [3.05, 3.63) is 59.0 Å². The highest BCUT2D eigenvalue weighted by atomic mass is 16.6. The smallest absolute Gasteiger partial charge is 0.375 e. The number of hydrogen-bond donors (Lipinski definition) is 1. The minimum absolute atomic E-state index is 0.0329. The van der Waals surface area contributed by atoms with E-state index in [-0.39, 0.29) is 17.7 Å². The van der Waals surface area contributed by atoms with Crippen molar-refractivity contribution in [3.8, 4) is 0 Å². The molecule has 0 saturated carbocycles. The molecule has 5 heteroatoms. The van der Waals surface area contributed by atoms with Crippen LogP contribution in [0.5, 0.6) is 0 Å². The average molecular weight is 327 g/mol. The van der Waals surface area contributed by atoms with Gasteiger partial charge in [-0.15, -0.1) is 0 Å². The molecular formula is C19H21NO4. The highest BCUT2D eigenvalue weighted by Gasteiger charge is 2.26. The van der Waals surface area contributed by atoms with Gasteiger partial charge >= 0.3 is 5.97 Å². The van der Waals surface area contributed by atoms with Crippen LogP contribution in [0, 0.1) is 6.92 Å². The first-order chi connectivity index (χ1) is 11.5. The Morgan fingerprint density at radius 3 is 2.79 bits per heavy atom. The fourth-order valence-electron chi connectivity index (χ4n) is 3.01. The Morgan fingerprint density at radius 1 is 1.25 bits per heavy atom. The van der Waals surface area contributed by atoms with Gasteiger partial charge in [0.05, 0.1) is 6.04 Å². The van der Waals surface area contributed by atoms with Crippen LogP contribution in [0.25, 0.3) is 0 Å². The summed E-state index contributed by atoms with van der Waals surface area (Å²) in [7, 11) is 0. The molecule has 5 nitrogen and oxygen atoms in total. The van der Waals surface area contributed by atoms with E-state index in [9.17, 15) is 9.59 Å². The third-order valence-electron chi connectivity index (χ3n) is 4.28. The van der Waals surface area contributed by atoms with Crippen LogP contribution in [0.15, 0.2) is 40.8 Å². The number of carbonyl (C=O) groups excluding carboxylic acids is 2. The predicted molar refractivity (Wildman–Crippen MR) is 88.6 cm³/mol. The molecule has 0 saturated heterocycles.